The Morgan fingerprint density at radius 3 is 2.46 bits per heavy atom. The molecule has 0 saturated carbocycles. The molecule has 4 rings (SSSR count). The minimum atomic E-state index is -0.0261. The van der Waals surface area contributed by atoms with Gasteiger partial charge >= 0.3 is 0 Å². The van der Waals surface area contributed by atoms with Crippen LogP contribution in [0, 0.1) is 0 Å². The maximum atomic E-state index is 12.5. The van der Waals surface area contributed by atoms with Crippen LogP contribution in [0.4, 0.5) is 5.69 Å². The third kappa shape index (κ3) is 3.41. The van der Waals surface area contributed by atoms with Crippen LogP contribution in [0.25, 0.3) is 23.3 Å². The fraction of sp³-hybridized carbons (Fsp3) is 0.125. The molecular formula is C24H20ClNO2. The molecule has 0 bridgehead atoms. The standard InChI is InChI=1S/C24H20ClNO2/c1-16(27)26-15-20-12-22(17-6-4-3-5-7-17)24(28-2)13-19(20)9-8-18-10-11-21(25)14-23(18)26/h3-14H,15H2,1-2H3. The molecular weight excluding hydrogens is 370 g/mol. The summed E-state index contributed by atoms with van der Waals surface area (Å²) in [6.07, 6.45) is 4.08. The van der Waals surface area contributed by atoms with Crippen molar-refractivity contribution in [1.82, 2.24) is 0 Å². The SMILES string of the molecule is COc1cc2c(cc1-c1ccccc1)CN(C(C)=O)c1cc(Cl)ccc1C=C2. The van der Waals surface area contributed by atoms with Gasteiger partial charge in [-0.25, -0.2) is 0 Å². The van der Waals surface area contributed by atoms with E-state index in [0.29, 0.717) is 11.6 Å². The summed E-state index contributed by atoms with van der Waals surface area (Å²) in [6, 6.07) is 19.9. The van der Waals surface area contributed by atoms with Crippen molar-refractivity contribution in [2.24, 2.45) is 0 Å². The number of anilines is 1. The van der Waals surface area contributed by atoms with E-state index in [0.717, 1.165) is 39.3 Å². The first-order valence-electron chi connectivity index (χ1n) is 9.09. The summed E-state index contributed by atoms with van der Waals surface area (Å²) < 4.78 is 5.67. The molecule has 4 heteroatoms. The third-order valence-electron chi connectivity index (χ3n) is 4.98. The number of methoxy groups -OCH3 is 1. The molecule has 3 aromatic rings. The topological polar surface area (TPSA) is 29.5 Å². The molecule has 0 N–H and O–H groups in total. The average molecular weight is 390 g/mol. The first-order valence-corrected chi connectivity index (χ1v) is 9.46. The largest absolute Gasteiger partial charge is 0.496 e. The number of fused-ring (bicyclic) bond motifs is 2. The van der Waals surface area contributed by atoms with Crippen molar-refractivity contribution in [3.63, 3.8) is 0 Å². The zero-order chi connectivity index (χ0) is 19.7. The summed E-state index contributed by atoms with van der Waals surface area (Å²) in [5.41, 5.74) is 5.94. The van der Waals surface area contributed by atoms with Gasteiger partial charge in [0.2, 0.25) is 5.91 Å². The lowest BCUT2D eigenvalue weighted by atomic mass is 9.95. The number of nitrogens with zero attached hydrogens (tertiary/aromatic N) is 1. The van der Waals surface area contributed by atoms with Gasteiger partial charge in [0, 0.05) is 17.5 Å². The lowest BCUT2D eigenvalue weighted by molar-refractivity contribution is -0.116. The molecule has 28 heavy (non-hydrogen) atoms. The van der Waals surface area contributed by atoms with Gasteiger partial charge in [-0.1, -0.05) is 60.2 Å². The van der Waals surface area contributed by atoms with Crippen LogP contribution in [0.5, 0.6) is 5.75 Å². The second-order valence-corrected chi connectivity index (χ2v) is 7.20. The number of carbonyl (C=O) groups is 1. The number of amides is 1. The molecule has 0 radical (unpaired) electrons. The molecule has 0 saturated heterocycles. The highest BCUT2D eigenvalue weighted by Gasteiger charge is 2.20. The Bertz CT molecular complexity index is 1070. The Kier molecular flexibility index (Phi) is 4.93. The second-order valence-electron chi connectivity index (χ2n) is 6.76. The van der Waals surface area contributed by atoms with Crippen molar-refractivity contribution >= 4 is 35.3 Å². The molecule has 0 atom stereocenters. The lowest BCUT2D eigenvalue weighted by Crippen LogP contribution is -2.29. The quantitative estimate of drug-likeness (QED) is 0.533. The van der Waals surface area contributed by atoms with E-state index in [1.54, 1.807) is 18.9 Å². The molecule has 0 spiro atoms. The maximum Gasteiger partial charge on any atom is 0.224 e. The maximum absolute atomic E-state index is 12.5. The molecule has 0 aromatic heterocycles. The number of carbonyl (C=O) groups excluding carboxylic acids is 1. The number of halogens is 1. The molecule has 1 aliphatic heterocycles. The van der Waals surface area contributed by atoms with E-state index in [9.17, 15) is 4.79 Å². The van der Waals surface area contributed by atoms with Gasteiger partial charge < -0.3 is 9.64 Å². The van der Waals surface area contributed by atoms with Crippen LogP contribution >= 0.6 is 11.6 Å². The fourth-order valence-electron chi connectivity index (χ4n) is 3.55. The van der Waals surface area contributed by atoms with Crippen LogP contribution in [-0.4, -0.2) is 13.0 Å². The lowest BCUT2D eigenvalue weighted by Gasteiger charge is -2.27. The van der Waals surface area contributed by atoms with Crippen molar-refractivity contribution < 1.29 is 9.53 Å². The van der Waals surface area contributed by atoms with E-state index < -0.39 is 0 Å². The first kappa shape index (κ1) is 18.3. The Labute approximate surface area is 169 Å². The normalized spacial score (nSPS) is 12.6. The highest BCUT2D eigenvalue weighted by Crippen LogP contribution is 2.37. The van der Waals surface area contributed by atoms with Crippen LogP contribution in [0.1, 0.15) is 23.6 Å². The smallest absolute Gasteiger partial charge is 0.224 e. The number of ether oxygens (including phenoxy) is 1. The number of benzene rings is 3. The van der Waals surface area contributed by atoms with Gasteiger partial charge in [0.15, 0.2) is 0 Å². The second kappa shape index (κ2) is 7.53. The summed E-state index contributed by atoms with van der Waals surface area (Å²) in [7, 11) is 1.68. The molecule has 140 valence electrons. The zero-order valence-corrected chi connectivity index (χ0v) is 16.5. The number of hydrogen-bond acceptors (Lipinski definition) is 2. The van der Waals surface area contributed by atoms with E-state index in [-0.39, 0.29) is 5.91 Å². The summed E-state index contributed by atoms with van der Waals surface area (Å²) in [6.45, 7) is 2.05. The van der Waals surface area contributed by atoms with Crippen LogP contribution in [0.15, 0.2) is 60.7 Å². The molecule has 0 unspecified atom stereocenters. The van der Waals surface area contributed by atoms with Crippen LogP contribution in [0.2, 0.25) is 5.02 Å². The predicted molar refractivity (Wildman–Crippen MR) is 116 cm³/mol. The Balaban J connectivity index is 1.91. The van der Waals surface area contributed by atoms with Gasteiger partial charge in [0.05, 0.1) is 19.3 Å². The molecule has 1 heterocycles. The van der Waals surface area contributed by atoms with Crippen LogP contribution in [-0.2, 0) is 11.3 Å². The monoisotopic (exact) mass is 389 g/mol. The van der Waals surface area contributed by atoms with E-state index in [2.05, 4.69) is 24.3 Å². The molecule has 0 aliphatic carbocycles. The molecule has 1 aliphatic rings. The highest BCUT2D eigenvalue weighted by molar-refractivity contribution is 6.31. The van der Waals surface area contributed by atoms with E-state index in [1.807, 2.05) is 48.5 Å². The number of rotatable bonds is 2. The van der Waals surface area contributed by atoms with Crippen molar-refractivity contribution in [2.45, 2.75) is 13.5 Å². The zero-order valence-electron chi connectivity index (χ0n) is 15.8. The average Bonchev–Trinajstić information content (AvgIpc) is 2.70. The van der Waals surface area contributed by atoms with Gasteiger partial charge in [-0.15, -0.1) is 0 Å². The van der Waals surface area contributed by atoms with Crippen LogP contribution < -0.4 is 9.64 Å². The minimum absolute atomic E-state index is 0.0261. The summed E-state index contributed by atoms with van der Waals surface area (Å²) in [5, 5.41) is 0.610. The van der Waals surface area contributed by atoms with Gasteiger partial charge in [-0.05, 0) is 46.5 Å². The summed E-state index contributed by atoms with van der Waals surface area (Å²) in [5.74, 6) is 0.780. The predicted octanol–water partition coefficient (Wildman–Crippen LogP) is 6.05. The van der Waals surface area contributed by atoms with Gasteiger partial charge in [-0.3, -0.25) is 4.79 Å². The molecule has 1 amide bonds. The van der Waals surface area contributed by atoms with Crippen molar-refractivity contribution in [2.75, 3.05) is 12.0 Å². The highest BCUT2D eigenvalue weighted by atomic mass is 35.5. The Hall–Kier alpha value is -3.04. The molecule has 0 fully saturated rings. The van der Waals surface area contributed by atoms with Gasteiger partial charge in [0.1, 0.15) is 5.75 Å². The van der Waals surface area contributed by atoms with E-state index in [1.165, 1.54) is 0 Å². The minimum Gasteiger partial charge on any atom is -0.496 e. The Morgan fingerprint density at radius 1 is 1.00 bits per heavy atom. The van der Waals surface area contributed by atoms with Crippen molar-refractivity contribution in [1.29, 1.82) is 0 Å². The molecule has 3 nitrogen and oxygen atoms in total. The first-order chi connectivity index (χ1) is 13.6. The summed E-state index contributed by atoms with van der Waals surface area (Å²) in [4.78, 5) is 14.2. The van der Waals surface area contributed by atoms with Gasteiger partial charge in [-0.2, -0.15) is 0 Å². The third-order valence-corrected chi connectivity index (χ3v) is 5.22. The van der Waals surface area contributed by atoms with Gasteiger partial charge in [0.25, 0.3) is 0 Å². The fourth-order valence-corrected chi connectivity index (χ4v) is 3.72. The number of hydrogen-bond donors (Lipinski definition) is 0. The van der Waals surface area contributed by atoms with Crippen LogP contribution in [0.3, 0.4) is 0 Å². The summed E-state index contributed by atoms with van der Waals surface area (Å²) >= 11 is 6.21. The van der Waals surface area contributed by atoms with Crippen molar-refractivity contribution in [3.8, 4) is 16.9 Å². The van der Waals surface area contributed by atoms with Crippen molar-refractivity contribution in [3.05, 3.63) is 82.4 Å². The Morgan fingerprint density at radius 2 is 1.75 bits per heavy atom. The van der Waals surface area contributed by atoms with E-state index in [4.69, 9.17) is 16.3 Å². The van der Waals surface area contributed by atoms with E-state index >= 15 is 0 Å². The molecule has 3 aromatic carbocycles.